The zero-order chi connectivity index (χ0) is 15.4. The van der Waals surface area contributed by atoms with Gasteiger partial charge in [-0.2, -0.15) is 0 Å². The molecule has 0 radical (unpaired) electrons. The second-order valence-electron chi connectivity index (χ2n) is 4.44. The van der Waals surface area contributed by atoms with E-state index in [-0.39, 0.29) is 17.0 Å². The maximum Gasteiger partial charge on any atom is 0.237 e. The summed E-state index contributed by atoms with van der Waals surface area (Å²) in [5, 5.41) is 2.80. The predicted octanol–water partition coefficient (Wildman–Crippen LogP) is 4.18. The summed E-state index contributed by atoms with van der Waals surface area (Å²) in [5.41, 5.74) is 6.65. The number of nitrogens with one attached hydrogen (secondary N) is 1. The van der Waals surface area contributed by atoms with Crippen molar-refractivity contribution in [2.45, 2.75) is 17.1 Å². The largest absolute Gasteiger partial charge is 0.399 e. The van der Waals surface area contributed by atoms with Crippen LogP contribution < -0.4 is 11.1 Å². The zero-order valence-corrected chi connectivity index (χ0v) is 12.8. The van der Waals surface area contributed by atoms with Crippen LogP contribution in [0.1, 0.15) is 6.92 Å². The summed E-state index contributed by atoms with van der Waals surface area (Å²) in [6, 6.07) is 10.9. The van der Waals surface area contributed by atoms with E-state index in [4.69, 9.17) is 17.3 Å². The van der Waals surface area contributed by atoms with E-state index in [1.54, 1.807) is 37.3 Å². The van der Waals surface area contributed by atoms with Crippen LogP contribution in [0.15, 0.2) is 47.4 Å². The molecule has 0 aliphatic rings. The first-order valence-electron chi connectivity index (χ1n) is 6.24. The first-order chi connectivity index (χ1) is 9.95. The highest BCUT2D eigenvalue weighted by atomic mass is 35.5. The standard InChI is InChI=1S/C15H14ClFN2OS/c1-9(21-12-5-2-10(17)3-6-12)15(20)19-14-7-4-11(18)8-13(14)16/h2-9H,18H2,1H3,(H,19,20). The van der Waals surface area contributed by atoms with E-state index in [2.05, 4.69) is 5.32 Å². The van der Waals surface area contributed by atoms with Crippen LogP contribution >= 0.6 is 23.4 Å². The van der Waals surface area contributed by atoms with Gasteiger partial charge in [-0.25, -0.2) is 4.39 Å². The number of hydrogen-bond acceptors (Lipinski definition) is 3. The van der Waals surface area contributed by atoms with Crippen molar-refractivity contribution in [2.75, 3.05) is 11.1 Å². The third-order valence-corrected chi connectivity index (χ3v) is 4.17. The summed E-state index contributed by atoms with van der Waals surface area (Å²) in [4.78, 5) is 12.9. The van der Waals surface area contributed by atoms with Gasteiger partial charge < -0.3 is 11.1 Å². The van der Waals surface area contributed by atoms with Crippen LogP contribution in [0.3, 0.4) is 0 Å². The van der Waals surface area contributed by atoms with Crippen molar-refractivity contribution in [3.05, 3.63) is 53.3 Å². The smallest absolute Gasteiger partial charge is 0.237 e. The first-order valence-corrected chi connectivity index (χ1v) is 7.49. The molecule has 0 aliphatic heterocycles. The van der Waals surface area contributed by atoms with Crippen LogP contribution in [0.25, 0.3) is 0 Å². The Morgan fingerprint density at radius 1 is 1.29 bits per heavy atom. The number of halogens is 2. The summed E-state index contributed by atoms with van der Waals surface area (Å²) in [6.07, 6.45) is 0. The molecule has 1 atom stereocenters. The molecule has 110 valence electrons. The number of nitrogens with two attached hydrogens (primary N) is 1. The van der Waals surface area contributed by atoms with Crippen molar-refractivity contribution in [1.29, 1.82) is 0 Å². The molecule has 6 heteroatoms. The van der Waals surface area contributed by atoms with Crippen molar-refractivity contribution < 1.29 is 9.18 Å². The molecular weight excluding hydrogens is 311 g/mol. The van der Waals surface area contributed by atoms with E-state index >= 15 is 0 Å². The second-order valence-corrected chi connectivity index (χ2v) is 6.26. The Kier molecular flexibility index (Phi) is 5.09. The molecule has 0 heterocycles. The molecule has 2 rings (SSSR count). The fraction of sp³-hybridized carbons (Fsp3) is 0.133. The topological polar surface area (TPSA) is 55.1 Å². The zero-order valence-electron chi connectivity index (χ0n) is 11.3. The summed E-state index contributed by atoms with van der Waals surface area (Å²) in [5.74, 6) is -0.485. The molecule has 0 saturated carbocycles. The van der Waals surface area contributed by atoms with Crippen LogP contribution in [0, 0.1) is 5.82 Å². The quantitative estimate of drug-likeness (QED) is 0.655. The van der Waals surface area contributed by atoms with Crippen molar-refractivity contribution >= 4 is 40.6 Å². The Labute approximate surface area is 131 Å². The van der Waals surface area contributed by atoms with E-state index in [1.165, 1.54) is 23.9 Å². The predicted molar refractivity (Wildman–Crippen MR) is 86.2 cm³/mol. The van der Waals surface area contributed by atoms with Crippen LogP contribution in [0.2, 0.25) is 5.02 Å². The first kappa shape index (κ1) is 15.7. The minimum atomic E-state index is -0.343. The van der Waals surface area contributed by atoms with Gasteiger partial charge in [0.05, 0.1) is 16.0 Å². The molecule has 3 N–H and O–H groups in total. The Balaban J connectivity index is 2.00. The molecule has 0 spiro atoms. The maximum atomic E-state index is 12.8. The van der Waals surface area contributed by atoms with Gasteiger partial charge in [0.15, 0.2) is 0 Å². The summed E-state index contributed by atoms with van der Waals surface area (Å²) in [7, 11) is 0. The Morgan fingerprint density at radius 3 is 2.57 bits per heavy atom. The SMILES string of the molecule is CC(Sc1ccc(F)cc1)C(=O)Nc1ccc(N)cc1Cl. The van der Waals surface area contributed by atoms with Gasteiger partial charge in [0, 0.05) is 10.6 Å². The molecule has 2 aromatic rings. The third-order valence-electron chi connectivity index (χ3n) is 2.75. The lowest BCUT2D eigenvalue weighted by Gasteiger charge is -2.13. The minimum Gasteiger partial charge on any atom is -0.399 e. The average molecular weight is 325 g/mol. The second kappa shape index (κ2) is 6.83. The van der Waals surface area contributed by atoms with E-state index in [0.717, 1.165) is 4.90 Å². The fourth-order valence-corrected chi connectivity index (χ4v) is 2.74. The van der Waals surface area contributed by atoms with Gasteiger partial charge in [-0.3, -0.25) is 4.79 Å². The van der Waals surface area contributed by atoms with Crippen molar-refractivity contribution in [3.63, 3.8) is 0 Å². The number of thioether (sulfide) groups is 1. The van der Waals surface area contributed by atoms with Crippen molar-refractivity contribution in [2.24, 2.45) is 0 Å². The van der Waals surface area contributed by atoms with Crippen LogP contribution in [-0.2, 0) is 4.79 Å². The van der Waals surface area contributed by atoms with Gasteiger partial charge in [-0.1, -0.05) is 11.6 Å². The molecule has 0 aliphatic carbocycles. The number of carbonyl (C=O) groups excluding carboxylic acids is 1. The van der Waals surface area contributed by atoms with Crippen LogP contribution in [-0.4, -0.2) is 11.2 Å². The lowest BCUT2D eigenvalue weighted by atomic mass is 10.2. The number of hydrogen-bond donors (Lipinski definition) is 2. The molecule has 1 amide bonds. The van der Waals surface area contributed by atoms with Crippen LogP contribution in [0.5, 0.6) is 0 Å². The number of nitrogen functional groups attached to an aromatic ring is 1. The number of amides is 1. The van der Waals surface area contributed by atoms with E-state index in [1.807, 2.05) is 0 Å². The summed E-state index contributed by atoms with van der Waals surface area (Å²) in [6.45, 7) is 1.77. The van der Waals surface area contributed by atoms with Gasteiger partial charge in [0.25, 0.3) is 0 Å². The average Bonchev–Trinajstić information content (AvgIpc) is 2.44. The molecule has 3 nitrogen and oxygen atoms in total. The van der Waals surface area contributed by atoms with E-state index in [0.29, 0.717) is 16.4 Å². The lowest BCUT2D eigenvalue weighted by Crippen LogP contribution is -2.22. The molecule has 21 heavy (non-hydrogen) atoms. The van der Waals surface area contributed by atoms with Gasteiger partial charge in [-0.15, -0.1) is 11.8 Å². The third kappa shape index (κ3) is 4.37. The Bertz CT molecular complexity index is 649. The molecule has 1 unspecified atom stereocenters. The Morgan fingerprint density at radius 2 is 1.95 bits per heavy atom. The lowest BCUT2D eigenvalue weighted by molar-refractivity contribution is -0.115. The Hall–Kier alpha value is -1.72. The van der Waals surface area contributed by atoms with Gasteiger partial charge in [0.1, 0.15) is 5.82 Å². The van der Waals surface area contributed by atoms with E-state index in [9.17, 15) is 9.18 Å². The minimum absolute atomic E-state index is 0.184. The summed E-state index contributed by atoms with van der Waals surface area (Å²) >= 11 is 7.35. The van der Waals surface area contributed by atoms with E-state index < -0.39 is 0 Å². The molecule has 0 saturated heterocycles. The van der Waals surface area contributed by atoms with Gasteiger partial charge in [0.2, 0.25) is 5.91 Å². The number of carbonyl (C=O) groups is 1. The number of benzene rings is 2. The molecule has 2 aromatic carbocycles. The highest BCUT2D eigenvalue weighted by Crippen LogP contribution is 2.27. The monoisotopic (exact) mass is 324 g/mol. The molecular formula is C15H14ClFN2OS. The summed E-state index contributed by atoms with van der Waals surface area (Å²) < 4.78 is 12.8. The highest BCUT2D eigenvalue weighted by Gasteiger charge is 2.15. The van der Waals surface area contributed by atoms with Gasteiger partial charge in [-0.05, 0) is 49.4 Å². The maximum absolute atomic E-state index is 12.8. The fourth-order valence-electron chi connectivity index (χ4n) is 1.64. The highest BCUT2D eigenvalue weighted by molar-refractivity contribution is 8.00. The number of rotatable bonds is 4. The molecule has 0 fully saturated rings. The number of anilines is 2. The van der Waals surface area contributed by atoms with Crippen molar-refractivity contribution in [3.8, 4) is 0 Å². The van der Waals surface area contributed by atoms with Crippen LogP contribution in [0.4, 0.5) is 15.8 Å². The molecule has 0 aromatic heterocycles. The van der Waals surface area contributed by atoms with Crippen molar-refractivity contribution in [1.82, 2.24) is 0 Å². The van der Waals surface area contributed by atoms with Gasteiger partial charge >= 0.3 is 0 Å². The normalized spacial score (nSPS) is 12.0. The molecule has 0 bridgehead atoms.